The van der Waals surface area contributed by atoms with Gasteiger partial charge in [-0.15, -0.1) is 0 Å². The Kier molecular flexibility index (Phi) is 6.05. The quantitative estimate of drug-likeness (QED) is 0.808. The normalized spacial score (nSPS) is 22.5. The third kappa shape index (κ3) is 4.26. The molecule has 1 aromatic rings. The molecular weight excluding hydrogens is 342 g/mol. The van der Waals surface area contributed by atoms with Gasteiger partial charge in [-0.05, 0) is 56.8 Å². The van der Waals surface area contributed by atoms with Crippen molar-refractivity contribution in [1.29, 1.82) is 0 Å². The Morgan fingerprint density at radius 1 is 1.11 bits per heavy atom. The number of carbonyl (C=O) groups is 2. The molecule has 1 unspecified atom stereocenters. The standard InChI is InChI=1S/C21H31N3O3/c1-22(2)20(26)19-21(10-7-13-23(19)3)11-14-24(15-12-21)18(25)16-27-17-8-5-4-6-9-17/h4-6,8-9,19H,7,10-16H2,1-3H3. The van der Waals surface area contributed by atoms with Crippen molar-refractivity contribution in [2.24, 2.45) is 5.41 Å². The number of ether oxygens (including phenoxy) is 1. The van der Waals surface area contributed by atoms with Crippen LogP contribution in [0.3, 0.4) is 0 Å². The Morgan fingerprint density at radius 2 is 1.78 bits per heavy atom. The number of piperidine rings is 2. The van der Waals surface area contributed by atoms with Gasteiger partial charge in [-0.3, -0.25) is 14.5 Å². The van der Waals surface area contributed by atoms with Crippen molar-refractivity contribution in [3.05, 3.63) is 30.3 Å². The van der Waals surface area contributed by atoms with Gasteiger partial charge in [-0.2, -0.15) is 0 Å². The third-order valence-electron chi connectivity index (χ3n) is 6.10. The molecular formula is C21H31N3O3. The largest absolute Gasteiger partial charge is 0.484 e. The molecule has 1 spiro atoms. The van der Waals surface area contributed by atoms with Gasteiger partial charge in [0.15, 0.2) is 6.61 Å². The molecule has 1 atom stereocenters. The number of benzene rings is 1. The third-order valence-corrected chi connectivity index (χ3v) is 6.10. The lowest BCUT2D eigenvalue weighted by Gasteiger charge is -2.52. The summed E-state index contributed by atoms with van der Waals surface area (Å²) in [7, 11) is 5.72. The number of hydrogen-bond acceptors (Lipinski definition) is 4. The molecule has 2 amide bonds. The van der Waals surface area contributed by atoms with E-state index in [2.05, 4.69) is 11.9 Å². The summed E-state index contributed by atoms with van der Waals surface area (Å²) in [5.74, 6) is 0.919. The van der Waals surface area contributed by atoms with E-state index >= 15 is 0 Å². The van der Waals surface area contributed by atoms with Gasteiger partial charge < -0.3 is 14.5 Å². The fraction of sp³-hybridized carbons (Fsp3) is 0.619. The van der Waals surface area contributed by atoms with Crippen molar-refractivity contribution in [2.45, 2.75) is 31.7 Å². The number of amides is 2. The summed E-state index contributed by atoms with van der Waals surface area (Å²) in [6, 6.07) is 9.34. The lowest BCUT2D eigenvalue weighted by Crippen LogP contribution is -2.61. The number of likely N-dealkylation sites (N-methyl/N-ethyl adjacent to an activating group) is 2. The van der Waals surface area contributed by atoms with Crippen LogP contribution in [0, 0.1) is 5.41 Å². The maximum absolute atomic E-state index is 12.8. The maximum Gasteiger partial charge on any atom is 0.260 e. The number of carbonyl (C=O) groups excluding carboxylic acids is 2. The van der Waals surface area contributed by atoms with Gasteiger partial charge in [0.1, 0.15) is 5.75 Å². The highest BCUT2D eigenvalue weighted by molar-refractivity contribution is 5.83. The lowest BCUT2D eigenvalue weighted by atomic mass is 9.66. The fourth-order valence-corrected chi connectivity index (χ4v) is 4.59. The van der Waals surface area contributed by atoms with Crippen molar-refractivity contribution in [3.8, 4) is 5.75 Å². The minimum absolute atomic E-state index is 0.0216. The molecule has 0 N–H and O–H groups in total. The molecule has 148 valence electrons. The number of rotatable bonds is 4. The molecule has 2 aliphatic heterocycles. The van der Waals surface area contributed by atoms with E-state index in [9.17, 15) is 9.59 Å². The van der Waals surface area contributed by atoms with Gasteiger partial charge in [-0.1, -0.05) is 18.2 Å². The second-order valence-corrected chi connectivity index (χ2v) is 8.06. The number of likely N-dealkylation sites (tertiary alicyclic amines) is 2. The summed E-state index contributed by atoms with van der Waals surface area (Å²) in [6.45, 7) is 2.42. The molecule has 2 fully saturated rings. The molecule has 6 nitrogen and oxygen atoms in total. The van der Waals surface area contributed by atoms with Crippen LogP contribution in [0.25, 0.3) is 0 Å². The molecule has 1 aromatic carbocycles. The molecule has 2 aliphatic rings. The van der Waals surface area contributed by atoms with Crippen molar-refractivity contribution in [1.82, 2.24) is 14.7 Å². The number of hydrogen-bond donors (Lipinski definition) is 0. The Labute approximate surface area is 162 Å². The van der Waals surface area contributed by atoms with Crippen LogP contribution >= 0.6 is 0 Å². The highest BCUT2D eigenvalue weighted by Crippen LogP contribution is 2.44. The van der Waals surface area contributed by atoms with E-state index < -0.39 is 0 Å². The predicted octanol–water partition coefficient (Wildman–Crippen LogP) is 1.86. The molecule has 2 saturated heterocycles. The zero-order valence-electron chi connectivity index (χ0n) is 16.7. The van der Waals surface area contributed by atoms with E-state index in [0.29, 0.717) is 18.8 Å². The average Bonchev–Trinajstić information content (AvgIpc) is 2.67. The second-order valence-electron chi connectivity index (χ2n) is 8.06. The van der Waals surface area contributed by atoms with Crippen LogP contribution in [0.1, 0.15) is 25.7 Å². The average molecular weight is 373 g/mol. The van der Waals surface area contributed by atoms with Gasteiger partial charge in [0.05, 0.1) is 6.04 Å². The summed E-state index contributed by atoms with van der Waals surface area (Å²) in [4.78, 5) is 31.2. The van der Waals surface area contributed by atoms with E-state index in [1.54, 1.807) is 4.90 Å². The predicted molar refractivity (Wildman–Crippen MR) is 105 cm³/mol. The summed E-state index contributed by atoms with van der Waals surface area (Å²) >= 11 is 0. The Morgan fingerprint density at radius 3 is 2.41 bits per heavy atom. The highest BCUT2D eigenvalue weighted by Gasteiger charge is 2.49. The van der Waals surface area contributed by atoms with Gasteiger partial charge in [0, 0.05) is 27.2 Å². The minimum atomic E-state index is -0.0842. The number of nitrogens with zero attached hydrogens (tertiary/aromatic N) is 3. The first-order valence-corrected chi connectivity index (χ1v) is 9.80. The Bertz CT molecular complexity index is 654. The van der Waals surface area contributed by atoms with Gasteiger partial charge in [-0.25, -0.2) is 0 Å². The molecule has 6 heteroatoms. The van der Waals surface area contributed by atoms with Crippen LogP contribution in [0.2, 0.25) is 0 Å². The first-order valence-electron chi connectivity index (χ1n) is 9.80. The summed E-state index contributed by atoms with van der Waals surface area (Å²) in [5.41, 5.74) is -0.0224. The zero-order valence-corrected chi connectivity index (χ0v) is 16.7. The van der Waals surface area contributed by atoms with E-state index in [1.807, 2.05) is 49.3 Å². The van der Waals surface area contributed by atoms with E-state index in [4.69, 9.17) is 4.74 Å². The maximum atomic E-state index is 12.8. The smallest absolute Gasteiger partial charge is 0.260 e. The minimum Gasteiger partial charge on any atom is -0.484 e. The summed E-state index contributed by atoms with van der Waals surface area (Å²) in [6.07, 6.45) is 3.92. The highest BCUT2D eigenvalue weighted by atomic mass is 16.5. The summed E-state index contributed by atoms with van der Waals surface area (Å²) in [5, 5.41) is 0. The van der Waals surface area contributed by atoms with Crippen LogP contribution in [0.5, 0.6) is 5.75 Å². The van der Waals surface area contributed by atoms with Gasteiger partial charge in [0.25, 0.3) is 5.91 Å². The van der Waals surface area contributed by atoms with Crippen LogP contribution in [-0.4, -0.2) is 79.9 Å². The van der Waals surface area contributed by atoms with E-state index in [0.717, 1.165) is 32.2 Å². The molecule has 0 bridgehead atoms. The van der Waals surface area contributed by atoms with Crippen molar-refractivity contribution >= 4 is 11.8 Å². The second kappa shape index (κ2) is 8.30. The van der Waals surface area contributed by atoms with E-state index in [1.165, 1.54) is 0 Å². The fourth-order valence-electron chi connectivity index (χ4n) is 4.59. The zero-order chi connectivity index (χ0) is 19.4. The van der Waals surface area contributed by atoms with Crippen molar-refractivity contribution in [3.63, 3.8) is 0 Å². The Balaban J connectivity index is 1.60. The van der Waals surface area contributed by atoms with Crippen LogP contribution in [0.4, 0.5) is 0 Å². The van der Waals surface area contributed by atoms with Gasteiger partial charge >= 0.3 is 0 Å². The molecule has 3 rings (SSSR count). The van der Waals surface area contributed by atoms with Gasteiger partial charge in [0.2, 0.25) is 5.91 Å². The molecule has 27 heavy (non-hydrogen) atoms. The van der Waals surface area contributed by atoms with Crippen LogP contribution < -0.4 is 4.74 Å². The lowest BCUT2D eigenvalue weighted by molar-refractivity contribution is -0.147. The topological polar surface area (TPSA) is 53.1 Å². The molecule has 0 aliphatic carbocycles. The molecule has 0 aromatic heterocycles. The van der Waals surface area contributed by atoms with Crippen molar-refractivity contribution < 1.29 is 14.3 Å². The van der Waals surface area contributed by atoms with E-state index in [-0.39, 0.29) is 29.9 Å². The molecule has 0 radical (unpaired) electrons. The molecule has 0 saturated carbocycles. The van der Waals surface area contributed by atoms with Crippen LogP contribution in [-0.2, 0) is 9.59 Å². The Hall–Kier alpha value is -2.08. The number of para-hydroxylation sites is 1. The molecule has 2 heterocycles. The summed E-state index contributed by atoms with van der Waals surface area (Å²) < 4.78 is 5.61. The van der Waals surface area contributed by atoms with Crippen LogP contribution in [0.15, 0.2) is 30.3 Å². The first-order chi connectivity index (χ1) is 12.9. The monoisotopic (exact) mass is 373 g/mol. The first kappa shape index (κ1) is 19.7. The SMILES string of the molecule is CN(C)C(=O)C1N(C)CCCC12CCN(C(=O)COc1ccccc1)CC2. The van der Waals surface area contributed by atoms with Crippen molar-refractivity contribution in [2.75, 3.05) is 47.4 Å².